The van der Waals surface area contributed by atoms with Gasteiger partial charge in [-0.05, 0) is 24.6 Å². The molecule has 0 aliphatic carbocycles. The Morgan fingerprint density at radius 1 is 0.750 bits per heavy atom. The van der Waals surface area contributed by atoms with E-state index in [2.05, 4.69) is 106 Å². The van der Waals surface area contributed by atoms with Crippen LogP contribution in [0, 0.1) is 41.3 Å². The molecule has 3 heteroatoms. The van der Waals surface area contributed by atoms with E-state index in [1.807, 2.05) is 0 Å². The van der Waals surface area contributed by atoms with Crippen LogP contribution < -0.4 is 0 Å². The highest BCUT2D eigenvalue weighted by atomic mass is 28.3. The second kappa shape index (κ2) is 8.09. The predicted octanol–water partition coefficient (Wildman–Crippen LogP) is 5.10. The quantitative estimate of drug-likeness (QED) is 0.443. The molecular weight excluding hydrogens is 336 g/mol. The van der Waals surface area contributed by atoms with Gasteiger partial charge in [-0.25, -0.2) is 0 Å². The third kappa shape index (κ3) is 7.89. The van der Waals surface area contributed by atoms with Crippen LogP contribution in [-0.2, 0) is 0 Å². The minimum atomic E-state index is -1.45. The molecule has 1 aromatic rings. The predicted molar refractivity (Wildman–Crippen MR) is 116 cm³/mol. The smallest absolute Gasteiger partial charge is 0.128 e. The van der Waals surface area contributed by atoms with Crippen LogP contribution in [0.2, 0.25) is 52.4 Å². The summed E-state index contributed by atoms with van der Waals surface area (Å²) in [6.07, 6.45) is 0. The summed E-state index contributed by atoms with van der Waals surface area (Å²) in [6, 6.07) is 4.32. The summed E-state index contributed by atoms with van der Waals surface area (Å²) in [4.78, 5) is 0. The van der Waals surface area contributed by atoms with Gasteiger partial charge in [0.15, 0.2) is 0 Å². The molecule has 0 aromatic heterocycles. The van der Waals surface area contributed by atoms with Crippen molar-refractivity contribution in [3.8, 4) is 34.4 Å². The van der Waals surface area contributed by atoms with Gasteiger partial charge in [0.1, 0.15) is 24.9 Å². The third-order valence-electron chi connectivity index (χ3n) is 2.86. The van der Waals surface area contributed by atoms with E-state index in [4.69, 9.17) is 0 Å². The molecule has 1 radical (unpaired) electrons. The molecule has 0 nitrogen and oxygen atoms in total. The Morgan fingerprint density at radius 3 is 1.67 bits per heavy atom. The Balaban J connectivity index is 3.64. The van der Waals surface area contributed by atoms with E-state index in [1.165, 1.54) is 5.56 Å². The lowest BCUT2D eigenvalue weighted by molar-refractivity contribution is 1.41. The van der Waals surface area contributed by atoms with E-state index in [1.54, 1.807) is 0 Å². The molecule has 0 aliphatic rings. The molecule has 0 aliphatic heterocycles. The van der Waals surface area contributed by atoms with Gasteiger partial charge < -0.3 is 0 Å². The van der Waals surface area contributed by atoms with E-state index < -0.39 is 24.9 Å². The van der Waals surface area contributed by atoms with Crippen molar-refractivity contribution in [2.24, 2.45) is 0 Å². The van der Waals surface area contributed by atoms with Crippen molar-refractivity contribution in [2.45, 2.75) is 59.3 Å². The van der Waals surface area contributed by atoms with Gasteiger partial charge >= 0.3 is 0 Å². The molecule has 0 fully saturated rings. The van der Waals surface area contributed by atoms with Gasteiger partial charge in [0, 0.05) is 11.1 Å². The maximum absolute atomic E-state index is 3.50. The van der Waals surface area contributed by atoms with Crippen molar-refractivity contribution < 1.29 is 0 Å². The zero-order valence-corrected chi connectivity index (χ0v) is 19.7. The first-order valence-corrected chi connectivity index (χ1v) is 17.9. The molecule has 0 atom stereocenters. The molecule has 0 amide bonds. The normalized spacial score (nSPS) is 10.9. The molecule has 0 N–H and O–H groups in total. The van der Waals surface area contributed by atoms with Crippen LogP contribution in [-0.4, -0.2) is 24.9 Å². The van der Waals surface area contributed by atoms with Crippen LogP contribution in [0.3, 0.4) is 0 Å². The SMILES string of the molecule is Cc1cc(C#C[Si](C)C)c(C#C[Si](C)(C)C)c(C#C[Si](C)(C)C)c1. The molecule has 0 heterocycles. The fraction of sp³-hybridized carbons (Fsp3) is 0.429. The molecule has 125 valence electrons. The Kier molecular flexibility index (Phi) is 6.94. The van der Waals surface area contributed by atoms with Crippen LogP contribution in [0.5, 0.6) is 0 Å². The van der Waals surface area contributed by atoms with Gasteiger partial charge in [-0.2, -0.15) is 0 Å². The number of rotatable bonds is 0. The van der Waals surface area contributed by atoms with Crippen molar-refractivity contribution in [1.29, 1.82) is 0 Å². The van der Waals surface area contributed by atoms with E-state index in [0.29, 0.717) is 0 Å². The minimum Gasteiger partial charge on any atom is -0.128 e. The molecule has 0 saturated heterocycles. The van der Waals surface area contributed by atoms with Crippen molar-refractivity contribution in [2.75, 3.05) is 0 Å². The lowest BCUT2D eigenvalue weighted by Gasteiger charge is -2.08. The number of hydrogen-bond acceptors (Lipinski definition) is 0. The molecule has 24 heavy (non-hydrogen) atoms. The van der Waals surface area contributed by atoms with Gasteiger partial charge in [0.05, 0.1) is 5.56 Å². The summed E-state index contributed by atoms with van der Waals surface area (Å²) in [6.45, 7) is 20.2. The van der Waals surface area contributed by atoms with Crippen molar-refractivity contribution in [3.05, 3.63) is 34.4 Å². The van der Waals surface area contributed by atoms with E-state index >= 15 is 0 Å². The monoisotopic (exact) mass is 365 g/mol. The summed E-state index contributed by atoms with van der Waals surface area (Å²) in [5.41, 5.74) is 14.7. The van der Waals surface area contributed by atoms with Crippen LogP contribution in [0.1, 0.15) is 22.3 Å². The standard InChI is InChI=1S/C21H29Si3/c1-18-16-19(10-13-22(2)3)21(12-15-24(7,8)9)20(17-18)11-14-23(4,5)6/h16-17H,1-9H3. The summed E-state index contributed by atoms with van der Waals surface area (Å²) in [7, 11) is -3.45. The average Bonchev–Trinajstić information content (AvgIpc) is 2.39. The highest BCUT2D eigenvalue weighted by Gasteiger charge is 2.12. The first-order valence-electron chi connectivity index (χ1n) is 8.40. The Labute approximate surface area is 153 Å². The van der Waals surface area contributed by atoms with Gasteiger partial charge in [-0.15, -0.1) is 16.6 Å². The van der Waals surface area contributed by atoms with E-state index in [9.17, 15) is 0 Å². The summed E-state index contributed by atoms with van der Waals surface area (Å²) >= 11 is 0. The maximum Gasteiger partial charge on any atom is 0.138 e. The Morgan fingerprint density at radius 2 is 1.21 bits per heavy atom. The number of aryl methyl sites for hydroxylation is 1. The lowest BCUT2D eigenvalue weighted by Crippen LogP contribution is -2.17. The van der Waals surface area contributed by atoms with Gasteiger partial charge in [0.2, 0.25) is 0 Å². The zero-order chi connectivity index (χ0) is 18.5. The van der Waals surface area contributed by atoms with E-state index in [0.717, 1.165) is 16.7 Å². The number of hydrogen-bond donors (Lipinski definition) is 0. The Bertz CT molecular complexity index is 784. The largest absolute Gasteiger partial charge is 0.138 e. The number of benzene rings is 1. The fourth-order valence-corrected chi connectivity index (χ4v) is 3.21. The second-order valence-corrected chi connectivity index (χ2v) is 20.2. The third-order valence-corrected chi connectivity index (χ3v) is 5.24. The summed E-state index contributed by atoms with van der Waals surface area (Å²) in [5, 5.41) is 0. The van der Waals surface area contributed by atoms with Crippen LogP contribution in [0.25, 0.3) is 0 Å². The van der Waals surface area contributed by atoms with Gasteiger partial charge in [-0.3, -0.25) is 0 Å². The summed E-state index contributed by atoms with van der Waals surface area (Å²) in [5.74, 6) is 10.2. The van der Waals surface area contributed by atoms with Crippen molar-refractivity contribution >= 4 is 24.9 Å². The Hall–Kier alpha value is -1.45. The second-order valence-electron chi connectivity index (χ2n) is 8.49. The first kappa shape index (κ1) is 20.6. The summed E-state index contributed by atoms with van der Waals surface area (Å²) < 4.78 is 0. The van der Waals surface area contributed by atoms with Gasteiger partial charge in [-0.1, -0.05) is 70.1 Å². The van der Waals surface area contributed by atoms with Crippen molar-refractivity contribution in [1.82, 2.24) is 0 Å². The van der Waals surface area contributed by atoms with E-state index in [-0.39, 0.29) is 0 Å². The van der Waals surface area contributed by atoms with Crippen molar-refractivity contribution in [3.63, 3.8) is 0 Å². The molecule has 0 saturated carbocycles. The lowest BCUT2D eigenvalue weighted by atomic mass is 9.99. The highest BCUT2D eigenvalue weighted by Crippen LogP contribution is 2.17. The van der Waals surface area contributed by atoms with Crippen LogP contribution in [0.4, 0.5) is 0 Å². The average molecular weight is 366 g/mol. The maximum atomic E-state index is 3.50. The van der Waals surface area contributed by atoms with Crippen LogP contribution in [0.15, 0.2) is 12.1 Å². The fourth-order valence-electron chi connectivity index (χ4n) is 1.82. The molecule has 0 bridgehead atoms. The van der Waals surface area contributed by atoms with Crippen LogP contribution >= 0.6 is 0 Å². The first-order chi connectivity index (χ1) is 10.9. The molecule has 1 rings (SSSR count). The topological polar surface area (TPSA) is 0 Å². The minimum absolute atomic E-state index is 0.582. The molecule has 0 spiro atoms. The van der Waals surface area contributed by atoms with Gasteiger partial charge in [0.25, 0.3) is 0 Å². The molecule has 0 unspecified atom stereocenters. The zero-order valence-electron chi connectivity index (χ0n) is 16.7. The molecule has 1 aromatic carbocycles. The molecular formula is C21H29Si3. The highest BCUT2D eigenvalue weighted by molar-refractivity contribution is 6.84.